The Labute approximate surface area is 123 Å². The Bertz CT molecular complexity index is 603. The van der Waals surface area contributed by atoms with E-state index in [1.807, 2.05) is 31.2 Å². The van der Waals surface area contributed by atoms with Gasteiger partial charge in [0.05, 0.1) is 0 Å². The SMILES string of the molecule is Cc1ccc(COC(=O)Nc2ccc(CC=O)cc2)cc1. The van der Waals surface area contributed by atoms with Crippen LogP contribution in [0.25, 0.3) is 0 Å². The lowest BCUT2D eigenvalue weighted by molar-refractivity contribution is -0.107. The summed E-state index contributed by atoms with van der Waals surface area (Å²) >= 11 is 0. The third-order valence-electron chi connectivity index (χ3n) is 3.01. The van der Waals surface area contributed by atoms with Gasteiger partial charge in [0.25, 0.3) is 0 Å². The van der Waals surface area contributed by atoms with Crippen molar-refractivity contribution >= 4 is 18.1 Å². The summed E-state index contributed by atoms with van der Waals surface area (Å²) in [6.45, 7) is 2.24. The molecule has 0 aliphatic carbocycles. The molecule has 0 aliphatic rings. The van der Waals surface area contributed by atoms with E-state index in [9.17, 15) is 9.59 Å². The molecule has 2 aromatic carbocycles. The van der Waals surface area contributed by atoms with E-state index in [0.29, 0.717) is 12.1 Å². The van der Waals surface area contributed by atoms with Gasteiger partial charge in [-0.3, -0.25) is 5.32 Å². The average molecular weight is 283 g/mol. The molecule has 0 aliphatic heterocycles. The average Bonchev–Trinajstić information content (AvgIpc) is 2.49. The zero-order chi connectivity index (χ0) is 15.1. The highest BCUT2D eigenvalue weighted by Crippen LogP contribution is 2.11. The van der Waals surface area contributed by atoms with E-state index < -0.39 is 6.09 Å². The zero-order valence-corrected chi connectivity index (χ0v) is 11.8. The molecule has 0 radical (unpaired) electrons. The Morgan fingerprint density at radius 3 is 2.29 bits per heavy atom. The van der Waals surface area contributed by atoms with Gasteiger partial charge in [-0.2, -0.15) is 0 Å². The van der Waals surface area contributed by atoms with Gasteiger partial charge in [0, 0.05) is 12.1 Å². The molecule has 0 unspecified atom stereocenters. The fourth-order valence-electron chi connectivity index (χ4n) is 1.81. The first-order valence-electron chi connectivity index (χ1n) is 6.69. The third kappa shape index (κ3) is 4.76. The summed E-state index contributed by atoms with van der Waals surface area (Å²) in [5.41, 5.74) is 3.65. The number of carbonyl (C=O) groups is 2. The van der Waals surface area contributed by atoms with Crippen molar-refractivity contribution in [3.63, 3.8) is 0 Å². The van der Waals surface area contributed by atoms with E-state index in [-0.39, 0.29) is 6.61 Å². The van der Waals surface area contributed by atoms with Crippen LogP contribution in [-0.2, 0) is 22.6 Å². The van der Waals surface area contributed by atoms with E-state index in [2.05, 4.69) is 5.32 Å². The lowest BCUT2D eigenvalue weighted by Gasteiger charge is -2.07. The maximum atomic E-state index is 11.7. The number of amides is 1. The van der Waals surface area contributed by atoms with Gasteiger partial charge in [0.15, 0.2) is 0 Å². The van der Waals surface area contributed by atoms with E-state index in [1.165, 1.54) is 5.56 Å². The summed E-state index contributed by atoms with van der Waals surface area (Å²) in [6, 6.07) is 14.9. The predicted molar refractivity (Wildman–Crippen MR) is 81.2 cm³/mol. The normalized spacial score (nSPS) is 9.95. The Balaban J connectivity index is 1.83. The van der Waals surface area contributed by atoms with Crippen molar-refractivity contribution in [3.8, 4) is 0 Å². The highest BCUT2D eigenvalue weighted by atomic mass is 16.5. The molecule has 4 heteroatoms. The molecule has 4 nitrogen and oxygen atoms in total. The lowest BCUT2D eigenvalue weighted by Crippen LogP contribution is -2.13. The Morgan fingerprint density at radius 1 is 1.05 bits per heavy atom. The molecular formula is C17H17NO3. The number of benzene rings is 2. The molecule has 2 rings (SSSR count). The minimum Gasteiger partial charge on any atom is -0.444 e. The quantitative estimate of drug-likeness (QED) is 0.855. The highest BCUT2D eigenvalue weighted by molar-refractivity contribution is 5.84. The van der Waals surface area contributed by atoms with Crippen molar-refractivity contribution in [2.45, 2.75) is 20.0 Å². The van der Waals surface area contributed by atoms with E-state index in [1.54, 1.807) is 24.3 Å². The van der Waals surface area contributed by atoms with Crippen molar-refractivity contribution < 1.29 is 14.3 Å². The van der Waals surface area contributed by atoms with E-state index >= 15 is 0 Å². The van der Waals surface area contributed by atoms with Crippen LogP contribution in [0.5, 0.6) is 0 Å². The van der Waals surface area contributed by atoms with Gasteiger partial charge in [-0.1, -0.05) is 42.0 Å². The summed E-state index contributed by atoms with van der Waals surface area (Å²) in [5, 5.41) is 2.64. The molecule has 0 saturated heterocycles. The molecule has 0 bridgehead atoms. The lowest BCUT2D eigenvalue weighted by atomic mass is 10.1. The van der Waals surface area contributed by atoms with Crippen molar-refractivity contribution in [1.82, 2.24) is 0 Å². The molecule has 1 amide bonds. The summed E-state index contributed by atoms with van der Waals surface area (Å²) in [5.74, 6) is 0. The summed E-state index contributed by atoms with van der Waals surface area (Å²) in [7, 11) is 0. The van der Waals surface area contributed by atoms with Crippen LogP contribution in [0, 0.1) is 6.92 Å². The first-order valence-corrected chi connectivity index (χ1v) is 6.69. The van der Waals surface area contributed by atoms with Gasteiger partial charge in [-0.25, -0.2) is 4.79 Å². The number of carbonyl (C=O) groups excluding carboxylic acids is 2. The van der Waals surface area contributed by atoms with Gasteiger partial charge in [-0.15, -0.1) is 0 Å². The van der Waals surface area contributed by atoms with Gasteiger partial charge in [0.2, 0.25) is 0 Å². The Kier molecular flexibility index (Phi) is 5.10. The van der Waals surface area contributed by atoms with Crippen LogP contribution in [0.15, 0.2) is 48.5 Å². The molecule has 108 valence electrons. The van der Waals surface area contributed by atoms with Crippen LogP contribution in [0.1, 0.15) is 16.7 Å². The fourth-order valence-corrected chi connectivity index (χ4v) is 1.81. The Hall–Kier alpha value is -2.62. The fraction of sp³-hybridized carbons (Fsp3) is 0.176. The van der Waals surface area contributed by atoms with Crippen LogP contribution in [0.4, 0.5) is 10.5 Å². The van der Waals surface area contributed by atoms with Crippen LogP contribution in [0.3, 0.4) is 0 Å². The zero-order valence-electron chi connectivity index (χ0n) is 11.8. The van der Waals surface area contributed by atoms with E-state index in [4.69, 9.17) is 4.74 Å². The number of hydrogen-bond donors (Lipinski definition) is 1. The van der Waals surface area contributed by atoms with Crippen molar-refractivity contribution in [3.05, 3.63) is 65.2 Å². The molecule has 0 aromatic heterocycles. The Morgan fingerprint density at radius 2 is 1.67 bits per heavy atom. The number of rotatable bonds is 5. The van der Waals surface area contributed by atoms with Crippen molar-refractivity contribution in [2.24, 2.45) is 0 Å². The molecular weight excluding hydrogens is 266 g/mol. The monoisotopic (exact) mass is 283 g/mol. The first kappa shape index (κ1) is 14.8. The van der Waals surface area contributed by atoms with E-state index in [0.717, 1.165) is 17.4 Å². The topological polar surface area (TPSA) is 55.4 Å². The summed E-state index contributed by atoms with van der Waals surface area (Å²) in [6.07, 6.45) is 0.717. The molecule has 0 heterocycles. The second-order valence-corrected chi connectivity index (χ2v) is 4.75. The van der Waals surface area contributed by atoms with Gasteiger partial charge >= 0.3 is 6.09 Å². The van der Waals surface area contributed by atoms with Crippen molar-refractivity contribution in [1.29, 1.82) is 0 Å². The van der Waals surface area contributed by atoms with Crippen LogP contribution < -0.4 is 5.32 Å². The number of hydrogen-bond acceptors (Lipinski definition) is 3. The molecule has 0 atom stereocenters. The molecule has 0 fully saturated rings. The van der Waals surface area contributed by atoms with Gasteiger partial charge < -0.3 is 9.53 Å². The maximum absolute atomic E-state index is 11.7. The van der Waals surface area contributed by atoms with Gasteiger partial charge in [-0.05, 0) is 30.2 Å². The van der Waals surface area contributed by atoms with Crippen LogP contribution in [-0.4, -0.2) is 12.4 Å². The largest absolute Gasteiger partial charge is 0.444 e. The first-order chi connectivity index (χ1) is 10.2. The number of ether oxygens (including phenoxy) is 1. The number of nitrogens with one attached hydrogen (secondary N) is 1. The van der Waals surface area contributed by atoms with Crippen LogP contribution >= 0.6 is 0 Å². The number of aldehydes is 1. The minimum absolute atomic E-state index is 0.231. The molecule has 21 heavy (non-hydrogen) atoms. The van der Waals surface area contributed by atoms with Crippen molar-refractivity contribution in [2.75, 3.05) is 5.32 Å². The predicted octanol–water partition coefficient (Wildman–Crippen LogP) is 3.49. The number of anilines is 1. The van der Waals surface area contributed by atoms with Gasteiger partial charge in [0.1, 0.15) is 12.9 Å². The molecule has 1 N–H and O–H groups in total. The van der Waals surface area contributed by atoms with Crippen LogP contribution in [0.2, 0.25) is 0 Å². The molecule has 0 saturated carbocycles. The second-order valence-electron chi connectivity index (χ2n) is 4.75. The third-order valence-corrected chi connectivity index (χ3v) is 3.01. The second kappa shape index (κ2) is 7.24. The smallest absolute Gasteiger partial charge is 0.411 e. The maximum Gasteiger partial charge on any atom is 0.411 e. The minimum atomic E-state index is -0.501. The molecule has 2 aromatic rings. The summed E-state index contributed by atoms with van der Waals surface area (Å²) < 4.78 is 5.14. The summed E-state index contributed by atoms with van der Waals surface area (Å²) in [4.78, 5) is 22.1. The standard InChI is InChI=1S/C17H17NO3/c1-13-2-4-15(5-3-13)12-21-17(20)18-16-8-6-14(7-9-16)10-11-19/h2-9,11H,10,12H2,1H3,(H,18,20). The molecule has 0 spiro atoms. The number of aryl methyl sites for hydroxylation is 1. The highest BCUT2D eigenvalue weighted by Gasteiger charge is 2.04.